The quantitative estimate of drug-likeness (QED) is 0.893. The zero-order valence-electron chi connectivity index (χ0n) is 10.2. The molecule has 0 aliphatic rings. The molecule has 2 aromatic carbocycles. The Morgan fingerprint density at radius 1 is 1.06 bits per heavy atom. The van der Waals surface area contributed by atoms with Crippen LogP contribution in [0.2, 0.25) is 0 Å². The molecule has 0 atom stereocenters. The van der Waals surface area contributed by atoms with Crippen molar-refractivity contribution < 1.29 is 9.90 Å². The van der Waals surface area contributed by atoms with E-state index < -0.39 is 5.97 Å². The molecule has 3 heteroatoms. The first-order chi connectivity index (χ1) is 8.66. The number of anilines is 2. The Labute approximate surface area is 106 Å². The van der Waals surface area contributed by atoms with Crippen molar-refractivity contribution in [1.82, 2.24) is 0 Å². The molecule has 0 unspecified atom stereocenters. The van der Waals surface area contributed by atoms with Crippen LogP contribution in [0.1, 0.15) is 5.56 Å². The summed E-state index contributed by atoms with van der Waals surface area (Å²) in [5, 5.41) is 9.03. The van der Waals surface area contributed by atoms with Gasteiger partial charge in [0, 0.05) is 11.4 Å². The minimum atomic E-state index is -0.847. The number of nitrogens with zero attached hydrogens (tertiary/aromatic N) is 1. The summed E-state index contributed by atoms with van der Waals surface area (Å²) in [7, 11) is 0. The van der Waals surface area contributed by atoms with Gasteiger partial charge in [-0.2, -0.15) is 0 Å². The van der Waals surface area contributed by atoms with E-state index in [4.69, 9.17) is 5.11 Å². The topological polar surface area (TPSA) is 40.5 Å². The van der Waals surface area contributed by atoms with E-state index in [0.717, 1.165) is 16.9 Å². The van der Waals surface area contributed by atoms with Crippen LogP contribution in [-0.4, -0.2) is 17.6 Å². The van der Waals surface area contributed by atoms with Crippen molar-refractivity contribution in [3.63, 3.8) is 0 Å². The van der Waals surface area contributed by atoms with Gasteiger partial charge in [0.25, 0.3) is 0 Å². The Hall–Kier alpha value is -2.29. The van der Waals surface area contributed by atoms with Crippen LogP contribution in [0.15, 0.2) is 54.6 Å². The molecule has 1 N–H and O–H groups in total. The van der Waals surface area contributed by atoms with Crippen LogP contribution in [0.25, 0.3) is 0 Å². The van der Waals surface area contributed by atoms with Gasteiger partial charge in [-0.25, -0.2) is 0 Å². The second kappa shape index (κ2) is 5.36. The molecule has 2 rings (SSSR count). The molecule has 3 nitrogen and oxygen atoms in total. The third-order valence-corrected chi connectivity index (χ3v) is 2.67. The number of aryl methyl sites for hydroxylation is 1. The molecule has 92 valence electrons. The van der Waals surface area contributed by atoms with Crippen molar-refractivity contribution in [3.05, 3.63) is 60.2 Å². The Morgan fingerprint density at radius 2 is 1.72 bits per heavy atom. The number of hydrogen-bond acceptors (Lipinski definition) is 2. The summed E-state index contributed by atoms with van der Waals surface area (Å²) in [6.07, 6.45) is 0. The molecule has 0 amide bonds. The van der Waals surface area contributed by atoms with Gasteiger partial charge in [0.2, 0.25) is 0 Å². The van der Waals surface area contributed by atoms with Crippen molar-refractivity contribution in [2.45, 2.75) is 6.92 Å². The predicted molar refractivity (Wildman–Crippen MR) is 72.3 cm³/mol. The van der Waals surface area contributed by atoms with Gasteiger partial charge in [0.15, 0.2) is 0 Å². The van der Waals surface area contributed by atoms with Crippen LogP contribution in [0.5, 0.6) is 0 Å². The maximum atomic E-state index is 11.0. The highest BCUT2D eigenvalue weighted by Gasteiger charge is 2.12. The van der Waals surface area contributed by atoms with Gasteiger partial charge in [-0.1, -0.05) is 30.3 Å². The molecule has 0 aromatic heterocycles. The van der Waals surface area contributed by atoms with Crippen molar-refractivity contribution in [3.8, 4) is 0 Å². The van der Waals surface area contributed by atoms with E-state index in [2.05, 4.69) is 0 Å². The molecule has 0 spiro atoms. The fourth-order valence-electron chi connectivity index (χ4n) is 1.87. The second-order valence-corrected chi connectivity index (χ2v) is 4.15. The van der Waals surface area contributed by atoms with E-state index in [0.29, 0.717) is 0 Å². The molecule has 0 heterocycles. The van der Waals surface area contributed by atoms with Crippen molar-refractivity contribution >= 4 is 17.3 Å². The summed E-state index contributed by atoms with van der Waals surface area (Å²) < 4.78 is 0. The molecule has 0 saturated carbocycles. The molecule has 0 bridgehead atoms. The predicted octanol–water partition coefficient (Wildman–Crippen LogP) is 3.22. The van der Waals surface area contributed by atoms with Crippen LogP contribution in [0.4, 0.5) is 11.4 Å². The van der Waals surface area contributed by atoms with Crippen LogP contribution in [0.3, 0.4) is 0 Å². The fraction of sp³-hybridized carbons (Fsp3) is 0.133. The average molecular weight is 241 g/mol. The molecule has 0 radical (unpaired) electrons. The van der Waals surface area contributed by atoms with Gasteiger partial charge in [-0.05, 0) is 36.8 Å². The molecular formula is C15H15NO2. The summed E-state index contributed by atoms with van der Waals surface area (Å²) >= 11 is 0. The Kier molecular flexibility index (Phi) is 3.63. The maximum Gasteiger partial charge on any atom is 0.323 e. The number of hydrogen-bond donors (Lipinski definition) is 1. The molecule has 0 saturated heterocycles. The highest BCUT2D eigenvalue weighted by molar-refractivity contribution is 5.78. The maximum absolute atomic E-state index is 11.0. The number of benzene rings is 2. The SMILES string of the molecule is Cc1cccc(N(CC(=O)O)c2ccccc2)c1. The third kappa shape index (κ3) is 2.88. The zero-order valence-corrected chi connectivity index (χ0v) is 10.2. The van der Waals surface area contributed by atoms with Gasteiger partial charge in [0.05, 0.1) is 0 Å². The second-order valence-electron chi connectivity index (χ2n) is 4.15. The number of aliphatic carboxylic acids is 1. The van der Waals surface area contributed by atoms with Crippen LogP contribution in [0, 0.1) is 6.92 Å². The lowest BCUT2D eigenvalue weighted by Crippen LogP contribution is -2.24. The average Bonchev–Trinajstić information content (AvgIpc) is 2.37. The van der Waals surface area contributed by atoms with Gasteiger partial charge >= 0.3 is 5.97 Å². The lowest BCUT2D eigenvalue weighted by atomic mass is 10.2. The largest absolute Gasteiger partial charge is 0.480 e. The molecule has 2 aromatic rings. The lowest BCUT2D eigenvalue weighted by Gasteiger charge is -2.23. The summed E-state index contributed by atoms with van der Waals surface area (Å²) in [5.41, 5.74) is 2.88. The smallest absolute Gasteiger partial charge is 0.323 e. The standard InChI is InChI=1S/C15H15NO2/c1-12-6-5-9-14(10-12)16(11-15(17)18)13-7-3-2-4-8-13/h2-10H,11H2,1H3,(H,17,18). The van der Waals surface area contributed by atoms with Crippen LogP contribution in [-0.2, 0) is 4.79 Å². The normalized spacial score (nSPS) is 10.1. The first-order valence-electron chi connectivity index (χ1n) is 5.78. The Balaban J connectivity index is 2.40. The summed E-state index contributed by atoms with van der Waals surface area (Å²) in [4.78, 5) is 12.8. The van der Waals surface area contributed by atoms with Crippen molar-refractivity contribution in [2.24, 2.45) is 0 Å². The first-order valence-corrected chi connectivity index (χ1v) is 5.78. The summed E-state index contributed by atoms with van der Waals surface area (Å²) in [6, 6.07) is 17.4. The molecule has 0 aliphatic heterocycles. The first kappa shape index (κ1) is 12.2. The van der Waals surface area contributed by atoms with Crippen LogP contribution >= 0.6 is 0 Å². The minimum absolute atomic E-state index is 0.0481. The van der Waals surface area contributed by atoms with Gasteiger partial charge < -0.3 is 10.0 Å². The molecule has 18 heavy (non-hydrogen) atoms. The molecule has 0 fully saturated rings. The van der Waals surface area contributed by atoms with E-state index >= 15 is 0 Å². The Morgan fingerprint density at radius 3 is 2.33 bits per heavy atom. The zero-order chi connectivity index (χ0) is 13.0. The lowest BCUT2D eigenvalue weighted by molar-refractivity contribution is -0.135. The minimum Gasteiger partial charge on any atom is -0.480 e. The van der Waals surface area contributed by atoms with Gasteiger partial charge in [-0.3, -0.25) is 4.79 Å². The number of rotatable bonds is 4. The van der Waals surface area contributed by atoms with Gasteiger partial charge in [0.1, 0.15) is 6.54 Å². The van der Waals surface area contributed by atoms with E-state index in [1.165, 1.54) is 0 Å². The van der Waals surface area contributed by atoms with E-state index in [1.807, 2.05) is 61.5 Å². The number of carbonyl (C=O) groups is 1. The van der Waals surface area contributed by atoms with Gasteiger partial charge in [-0.15, -0.1) is 0 Å². The van der Waals surface area contributed by atoms with Crippen molar-refractivity contribution in [1.29, 1.82) is 0 Å². The van der Waals surface area contributed by atoms with Crippen molar-refractivity contribution in [2.75, 3.05) is 11.4 Å². The number of para-hydroxylation sites is 1. The highest BCUT2D eigenvalue weighted by atomic mass is 16.4. The third-order valence-electron chi connectivity index (χ3n) is 2.67. The van der Waals surface area contributed by atoms with Crippen LogP contribution < -0.4 is 4.90 Å². The van der Waals surface area contributed by atoms with E-state index in [9.17, 15) is 4.79 Å². The molecular weight excluding hydrogens is 226 g/mol. The highest BCUT2D eigenvalue weighted by Crippen LogP contribution is 2.25. The van der Waals surface area contributed by atoms with E-state index in [1.54, 1.807) is 4.90 Å². The molecule has 0 aliphatic carbocycles. The number of carboxylic acid groups (broad SMARTS) is 1. The van der Waals surface area contributed by atoms with E-state index in [-0.39, 0.29) is 6.54 Å². The summed E-state index contributed by atoms with van der Waals surface area (Å²) in [5.74, 6) is -0.847. The summed E-state index contributed by atoms with van der Waals surface area (Å²) in [6.45, 7) is 1.95. The Bertz CT molecular complexity index is 537. The fourth-order valence-corrected chi connectivity index (χ4v) is 1.87. The number of carboxylic acids is 1. The monoisotopic (exact) mass is 241 g/mol.